The summed E-state index contributed by atoms with van der Waals surface area (Å²) in [5.41, 5.74) is 1.65. The number of piperidine rings is 1. The van der Waals surface area contributed by atoms with Crippen LogP contribution in [0.1, 0.15) is 74.7 Å². The van der Waals surface area contributed by atoms with Gasteiger partial charge in [-0.2, -0.15) is 0 Å². The van der Waals surface area contributed by atoms with Gasteiger partial charge in [0.05, 0.1) is 0 Å². The predicted molar refractivity (Wildman–Crippen MR) is 123 cm³/mol. The van der Waals surface area contributed by atoms with Gasteiger partial charge in [0.15, 0.2) is 0 Å². The van der Waals surface area contributed by atoms with Crippen LogP contribution in [0.5, 0.6) is 0 Å². The van der Waals surface area contributed by atoms with Gasteiger partial charge in [0.2, 0.25) is 11.8 Å². The topological polar surface area (TPSA) is 69.7 Å². The summed E-state index contributed by atoms with van der Waals surface area (Å²) in [5.74, 6) is -0.283. The molecule has 4 rings (SSSR count). The molecule has 0 aliphatic carbocycles. The summed E-state index contributed by atoms with van der Waals surface area (Å²) < 4.78 is -0.452. The predicted octanol–water partition coefficient (Wildman–Crippen LogP) is 3.58. The van der Waals surface area contributed by atoms with E-state index in [4.69, 9.17) is 0 Å². The highest BCUT2D eigenvalue weighted by Crippen LogP contribution is 2.56. The number of fused-ring (bicyclic) bond motifs is 3. The number of thioether (sulfide) groups is 1. The lowest BCUT2D eigenvalue weighted by Crippen LogP contribution is -2.59. The Balaban J connectivity index is 1.58. The molecule has 3 heterocycles. The fourth-order valence-corrected chi connectivity index (χ4v) is 6.62. The van der Waals surface area contributed by atoms with Crippen LogP contribution in [0.15, 0.2) is 24.3 Å². The molecule has 0 spiro atoms. The van der Waals surface area contributed by atoms with Crippen molar-refractivity contribution in [2.75, 3.05) is 13.1 Å². The highest BCUT2D eigenvalue weighted by Gasteiger charge is 2.57. The summed E-state index contributed by atoms with van der Waals surface area (Å²) in [5, 5.41) is 2.93. The molecule has 2 fully saturated rings. The van der Waals surface area contributed by atoms with E-state index in [-0.39, 0.29) is 29.0 Å². The number of carbonyl (C=O) groups excluding carboxylic acids is 3. The van der Waals surface area contributed by atoms with Crippen LogP contribution in [0, 0.1) is 5.92 Å². The molecular formula is C24H33N3O3S. The minimum atomic E-state index is -0.622. The number of amides is 3. The first-order valence-corrected chi connectivity index (χ1v) is 12.3. The molecule has 7 heteroatoms. The molecule has 0 unspecified atom stereocenters. The van der Waals surface area contributed by atoms with Gasteiger partial charge in [-0.3, -0.25) is 14.4 Å². The number of carbonyl (C=O) groups is 3. The molecule has 31 heavy (non-hydrogen) atoms. The Bertz CT molecular complexity index is 881. The van der Waals surface area contributed by atoms with Crippen LogP contribution in [0.4, 0.5) is 0 Å². The van der Waals surface area contributed by atoms with Crippen molar-refractivity contribution in [3.8, 4) is 0 Å². The quantitative estimate of drug-likeness (QED) is 0.755. The van der Waals surface area contributed by atoms with E-state index < -0.39 is 16.8 Å². The maximum absolute atomic E-state index is 13.6. The van der Waals surface area contributed by atoms with Gasteiger partial charge in [-0.05, 0) is 50.7 Å². The molecule has 3 aliphatic heterocycles. The molecule has 1 aromatic rings. The van der Waals surface area contributed by atoms with Crippen molar-refractivity contribution in [1.82, 2.24) is 15.1 Å². The van der Waals surface area contributed by atoms with Gasteiger partial charge in [-0.25, -0.2) is 0 Å². The molecule has 3 aliphatic rings. The van der Waals surface area contributed by atoms with Crippen LogP contribution >= 0.6 is 11.8 Å². The first-order chi connectivity index (χ1) is 14.8. The van der Waals surface area contributed by atoms with Crippen LogP contribution in [-0.4, -0.2) is 57.4 Å². The summed E-state index contributed by atoms with van der Waals surface area (Å²) in [6.07, 6.45) is 3.98. The molecule has 168 valence electrons. The third kappa shape index (κ3) is 3.86. The zero-order chi connectivity index (χ0) is 22.3. The lowest BCUT2D eigenvalue weighted by atomic mass is 9.94. The zero-order valence-electron chi connectivity index (χ0n) is 18.9. The average molecular weight is 444 g/mol. The normalized spacial score (nSPS) is 26.3. The summed E-state index contributed by atoms with van der Waals surface area (Å²) in [4.78, 5) is 43.8. The second-order valence-electron chi connectivity index (χ2n) is 9.53. The Morgan fingerprint density at radius 1 is 1.19 bits per heavy atom. The van der Waals surface area contributed by atoms with Crippen LogP contribution in [0.2, 0.25) is 0 Å². The van der Waals surface area contributed by atoms with Gasteiger partial charge in [0.1, 0.15) is 17.5 Å². The number of likely N-dealkylation sites (tertiary alicyclic amines) is 1. The minimum Gasteiger partial charge on any atom is -0.342 e. The fraction of sp³-hybridized carbons (Fsp3) is 0.625. The maximum Gasteiger partial charge on any atom is 0.256 e. The lowest BCUT2D eigenvalue weighted by molar-refractivity contribution is -0.139. The Kier molecular flexibility index (Phi) is 6.08. The first-order valence-electron chi connectivity index (χ1n) is 11.4. The molecule has 0 bridgehead atoms. The van der Waals surface area contributed by atoms with Gasteiger partial charge < -0.3 is 15.1 Å². The second-order valence-corrected chi connectivity index (χ2v) is 11.3. The van der Waals surface area contributed by atoms with E-state index in [1.165, 1.54) is 0 Å². The summed E-state index contributed by atoms with van der Waals surface area (Å²) in [6, 6.07) is 6.43. The average Bonchev–Trinajstić information content (AvgIpc) is 3.20. The molecule has 0 radical (unpaired) electrons. The summed E-state index contributed by atoms with van der Waals surface area (Å²) >= 11 is 1.65. The van der Waals surface area contributed by atoms with Crippen LogP contribution in [-0.2, 0) is 9.59 Å². The van der Waals surface area contributed by atoms with Gasteiger partial charge >= 0.3 is 0 Å². The molecular weight excluding hydrogens is 410 g/mol. The first kappa shape index (κ1) is 22.2. The van der Waals surface area contributed by atoms with Crippen LogP contribution < -0.4 is 5.32 Å². The van der Waals surface area contributed by atoms with E-state index in [0.29, 0.717) is 5.56 Å². The van der Waals surface area contributed by atoms with Gasteiger partial charge in [0.25, 0.3) is 5.91 Å². The molecule has 2 saturated heterocycles. The molecule has 6 nitrogen and oxygen atoms in total. The van der Waals surface area contributed by atoms with Crippen molar-refractivity contribution in [2.24, 2.45) is 5.92 Å². The molecule has 3 amide bonds. The van der Waals surface area contributed by atoms with E-state index >= 15 is 0 Å². The van der Waals surface area contributed by atoms with E-state index in [1.54, 1.807) is 16.7 Å². The van der Waals surface area contributed by atoms with Gasteiger partial charge in [-0.15, -0.1) is 11.8 Å². The van der Waals surface area contributed by atoms with E-state index in [9.17, 15) is 14.4 Å². The van der Waals surface area contributed by atoms with Crippen molar-refractivity contribution in [3.05, 3.63) is 35.4 Å². The van der Waals surface area contributed by atoms with Crippen molar-refractivity contribution in [2.45, 2.75) is 75.6 Å². The number of rotatable bonds is 5. The largest absolute Gasteiger partial charge is 0.342 e. The highest BCUT2D eigenvalue weighted by atomic mass is 32.2. The number of nitrogens with one attached hydrogen (secondary N) is 1. The SMILES string of the molecule is CC[C@H](C)[C@H](NC(=O)[C@@H]1N2C(=O)c3ccccc3[C@@H]2SC1(C)C)C(=O)N1CCCCC1. The van der Waals surface area contributed by atoms with Crippen molar-refractivity contribution < 1.29 is 14.4 Å². The number of hydrogen-bond acceptors (Lipinski definition) is 4. The summed E-state index contributed by atoms with van der Waals surface area (Å²) in [6.45, 7) is 9.60. The maximum atomic E-state index is 13.6. The van der Waals surface area contributed by atoms with Crippen molar-refractivity contribution in [3.63, 3.8) is 0 Å². The van der Waals surface area contributed by atoms with Gasteiger partial charge in [-0.1, -0.05) is 38.5 Å². The Morgan fingerprint density at radius 3 is 2.55 bits per heavy atom. The van der Waals surface area contributed by atoms with Crippen molar-refractivity contribution in [1.29, 1.82) is 0 Å². The Hall–Kier alpha value is -2.02. The van der Waals surface area contributed by atoms with E-state index in [2.05, 4.69) is 5.32 Å². The number of hydrogen-bond donors (Lipinski definition) is 1. The number of nitrogens with zero attached hydrogens (tertiary/aromatic N) is 2. The third-order valence-electron chi connectivity index (χ3n) is 6.99. The highest BCUT2D eigenvalue weighted by molar-refractivity contribution is 8.01. The van der Waals surface area contributed by atoms with E-state index in [1.807, 2.05) is 56.9 Å². The van der Waals surface area contributed by atoms with E-state index in [0.717, 1.165) is 44.3 Å². The number of benzene rings is 1. The van der Waals surface area contributed by atoms with Gasteiger partial charge in [0, 0.05) is 23.4 Å². The Morgan fingerprint density at radius 2 is 1.87 bits per heavy atom. The monoisotopic (exact) mass is 443 g/mol. The standard InChI is InChI=1S/C24H33N3O3S/c1-5-15(2)18(22(30)26-13-9-6-10-14-26)25-20(28)19-24(3,4)31-23-17-12-8-7-11-16(17)21(29)27(19)23/h7-8,11-12,15,18-19,23H,5-6,9-10,13-14H2,1-4H3,(H,25,28)/t15-,18-,19-,23-/m0/s1. The van der Waals surface area contributed by atoms with Crippen LogP contribution in [0.25, 0.3) is 0 Å². The molecule has 0 aromatic heterocycles. The minimum absolute atomic E-state index is 0.0124. The lowest BCUT2D eigenvalue weighted by Gasteiger charge is -2.35. The second kappa shape index (κ2) is 8.49. The Labute approximate surface area is 189 Å². The van der Waals surface area contributed by atoms with Crippen LogP contribution in [0.3, 0.4) is 0 Å². The molecule has 1 N–H and O–H groups in total. The summed E-state index contributed by atoms with van der Waals surface area (Å²) in [7, 11) is 0. The molecule has 1 aromatic carbocycles. The smallest absolute Gasteiger partial charge is 0.256 e. The molecule has 0 saturated carbocycles. The zero-order valence-corrected chi connectivity index (χ0v) is 19.7. The van der Waals surface area contributed by atoms with Crippen molar-refractivity contribution >= 4 is 29.5 Å². The fourth-order valence-electron chi connectivity index (χ4n) is 5.03. The molecule has 4 atom stereocenters. The third-order valence-corrected chi connectivity index (χ3v) is 8.52.